The molecule has 130 valence electrons. The summed E-state index contributed by atoms with van der Waals surface area (Å²) in [6, 6.07) is 14.6. The van der Waals surface area contributed by atoms with Gasteiger partial charge in [-0.05, 0) is 36.4 Å². The first kappa shape index (κ1) is 16.4. The number of hydrogen-bond donors (Lipinski definition) is 2. The second-order valence-electron chi connectivity index (χ2n) is 5.88. The van der Waals surface area contributed by atoms with E-state index in [2.05, 4.69) is 16.8 Å². The molecule has 0 aliphatic rings. The first-order valence-corrected chi connectivity index (χ1v) is 8.12. The average molecular weight is 355 g/mol. The molecule has 0 saturated carbocycles. The van der Waals surface area contributed by atoms with Crippen LogP contribution in [-0.2, 0) is 0 Å². The summed E-state index contributed by atoms with van der Waals surface area (Å²) in [4.78, 5) is 16.3. The van der Waals surface area contributed by atoms with Crippen LogP contribution in [0.1, 0.15) is 11.1 Å². The fourth-order valence-electron chi connectivity index (χ4n) is 2.69. The van der Waals surface area contributed by atoms with Crippen LogP contribution in [-0.4, -0.2) is 15.2 Å². The second kappa shape index (κ2) is 6.70. The van der Waals surface area contributed by atoms with Gasteiger partial charge >= 0.3 is 0 Å². The molecule has 4 rings (SSSR count). The van der Waals surface area contributed by atoms with Crippen molar-refractivity contribution in [1.29, 1.82) is 0 Å². The van der Waals surface area contributed by atoms with Crippen molar-refractivity contribution in [3.63, 3.8) is 0 Å². The van der Waals surface area contributed by atoms with Gasteiger partial charge in [0.1, 0.15) is 28.2 Å². The van der Waals surface area contributed by atoms with Crippen molar-refractivity contribution in [1.82, 2.24) is 4.98 Å². The molecule has 5 nitrogen and oxygen atoms in total. The summed E-state index contributed by atoms with van der Waals surface area (Å²) in [7, 11) is 0. The van der Waals surface area contributed by atoms with Crippen LogP contribution >= 0.6 is 0 Å². The smallest absolute Gasteiger partial charge is 0.197 e. The van der Waals surface area contributed by atoms with Crippen LogP contribution in [0.25, 0.3) is 22.3 Å². The van der Waals surface area contributed by atoms with Gasteiger partial charge in [-0.25, -0.2) is 0 Å². The molecular weight excluding hydrogens is 342 g/mol. The summed E-state index contributed by atoms with van der Waals surface area (Å²) in [5.74, 6) is 5.95. The van der Waals surface area contributed by atoms with Gasteiger partial charge in [-0.15, -0.1) is 0 Å². The highest BCUT2D eigenvalue weighted by Gasteiger charge is 2.12. The maximum atomic E-state index is 12.3. The van der Waals surface area contributed by atoms with Crippen molar-refractivity contribution >= 4 is 11.0 Å². The van der Waals surface area contributed by atoms with E-state index in [1.54, 1.807) is 24.5 Å². The zero-order valence-electron chi connectivity index (χ0n) is 14.0. The molecular formula is C22H13NO4. The Labute approximate surface area is 154 Å². The number of aromatic hydroxyl groups is 2. The fourth-order valence-corrected chi connectivity index (χ4v) is 2.69. The molecule has 2 aromatic heterocycles. The zero-order valence-corrected chi connectivity index (χ0v) is 14.0. The number of nitrogens with zero attached hydrogens (tertiary/aromatic N) is 1. The summed E-state index contributed by atoms with van der Waals surface area (Å²) in [6.45, 7) is 0. The highest BCUT2D eigenvalue weighted by atomic mass is 16.3. The van der Waals surface area contributed by atoms with Crippen molar-refractivity contribution < 1.29 is 14.6 Å². The van der Waals surface area contributed by atoms with Crippen LogP contribution in [0.2, 0.25) is 0 Å². The van der Waals surface area contributed by atoms with Crippen molar-refractivity contribution in [3.05, 3.63) is 88.3 Å². The topological polar surface area (TPSA) is 83.6 Å². The van der Waals surface area contributed by atoms with Gasteiger partial charge in [0.05, 0.1) is 0 Å². The van der Waals surface area contributed by atoms with E-state index in [9.17, 15) is 15.0 Å². The molecule has 0 aliphatic heterocycles. The molecule has 5 heteroatoms. The molecule has 0 aliphatic carbocycles. The first-order valence-electron chi connectivity index (χ1n) is 8.12. The van der Waals surface area contributed by atoms with Gasteiger partial charge in [0.25, 0.3) is 0 Å². The summed E-state index contributed by atoms with van der Waals surface area (Å²) in [5.41, 5.74) is 2.11. The van der Waals surface area contributed by atoms with E-state index < -0.39 is 0 Å². The van der Waals surface area contributed by atoms with Crippen LogP contribution in [0.3, 0.4) is 0 Å². The molecule has 0 spiro atoms. The molecule has 0 amide bonds. The van der Waals surface area contributed by atoms with Gasteiger partial charge in [-0.2, -0.15) is 0 Å². The van der Waals surface area contributed by atoms with Crippen molar-refractivity contribution in [2.24, 2.45) is 0 Å². The lowest BCUT2D eigenvalue weighted by Crippen LogP contribution is -2.00. The average Bonchev–Trinajstić information content (AvgIpc) is 2.66. The van der Waals surface area contributed by atoms with Crippen molar-refractivity contribution in [2.45, 2.75) is 0 Å². The Balaban J connectivity index is 1.70. The summed E-state index contributed by atoms with van der Waals surface area (Å²) in [6.07, 6.45) is 3.37. The highest BCUT2D eigenvalue weighted by molar-refractivity contribution is 5.86. The minimum absolute atomic E-state index is 0.0383. The number of fused-ring (bicyclic) bond motifs is 1. The predicted molar refractivity (Wildman–Crippen MR) is 101 cm³/mol. The van der Waals surface area contributed by atoms with Gasteiger partial charge in [-0.1, -0.05) is 11.8 Å². The number of aromatic nitrogens is 1. The van der Waals surface area contributed by atoms with Crippen LogP contribution < -0.4 is 5.43 Å². The third kappa shape index (κ3) is 3.37. The lowest BCUT2D eigenvalue weighted by atomic mass is 10.1. The van der Waals surface area contributed by atoms with E-state index in [-0.39, 0.29) is 27.9 Å². The van der Waals surface area contributed by atoms with Gasteiger partial charge in [-0.3, -0.25) is 9.78 Å². The summed E-state index contributed by atoms with van der Waals surface area (Å²) in [5, 5.41) is 19.5. The number of phenols is 2. The molecule has 0 saturated heterocycles. The van der Waals surface area contributed by atoms with Gasteiger partial charge < -0.3 is 14.6 Å². The summed E-state index contributed by atoms with van der Waals surface area (Å²) < 4.78 is 5.70. The number of phenolic OH excluding ortho intramolecular Hbond substituents is 2. The molecule has 2 aromatic carbocycles. The van der Waals surface area contributed by atoms with Gasteiger partial charge in [0.2, 0.25) is 0 Å². The molecule has 0 atom stereocenters. The number of benzene rings is 2. The van der Waals surface area contributed by atoms with E-state index in [1.807, 2.05) is 24.3 Å². The molecule has 0 fully saturated rings. The van der Waals surface area contributed by atoms with Gasteiger partial charge in [0, 0.05) is 47.3 Å². The highest BCUT2D eigenvalue weighted by Crippen LogP contribution is 2.30. The molecule has 0 radical (unpaired) electrons. The third-order valence-corrected chi connectivity index (χ3v) is 4.00. The van der Waals surface area contributed by atoms with E-state index in [4.69, 9.17) is 4.42 Å². The molecule has 0 unspecified atom stereocenters. The predicted octanol–water partition coefficient (Wildman–Crippen LogP) is 3.67. The Bertz CT molecular complexity index is 1250. The number of pyridine rings is 1. The standard InChI is InChI=1S/C22H13NO4/c24-17-11-18(25)22-19(26)13-20(27-21(22)12-17)16-5-3-14(4-6-16)1-2-15-7-9-23-10-8-15/h3-13,24-25H. The SMILES string of the molecule is O=c1cc(-c2ccc(C#Cc3ccncc3)cc2)oc2cc(O)cc(O)c12. The second-order valence-corrected chi connectivity index (χ2v) is 5.88. The zero-order chi connectivity index (χ0) is 18.8. The first-order chi connectivity index (χ1) is 13.1. The lowest BCUT2D eigenvalue weighted by molar-refractivity contribution is 0.452. The minimum atomic E-state index is -0.384. The third-order valence-electron chi connectivity index (χ3n) is 4.00. The van der Waals surface area contributed by atoms with E-state index in [0.717, 1.165) is 17.2 Å². The largest absolute Gasteiger partial charge is 0.508 e. The van der Waals surface area contributed by atoms with E-state index in [0.29, 0.717) is 11.3 Å². The Kier molecular flexibility index (Phi) is 4.07. The maximum absolute atomic E-state index is 12.3. The number of hydrogen-bond acceptors (Lipinski definition) is 5. The summed E-state index contributed by atoms with van der Waals surface area (Å²) >= 11 is 0. The van der Waals surface area contributed by atoms with Crippen molar-refractivity contribution in [3.8, 4) is 34.7 Å². The van der Waals surface area contributed by atoms with Crippen LogP contribution in [0, 0.1) is 11.8 Å². The fraction of sp³-hybridized carbons (Fsp3) is 0. The van der Waals surface area contributed by atoms with Crippen LogP contribution in [0.15, 0.2) is 76.2 Å². The number of rotatable bonds is 1. The van der Waals surface area contributed by atoms with Gasteiger partial charge in [0.15, 0.2) is 5.43 Å². The lowest BCUT2D eigenvalue weighted by Gasteiger charge is -2.05. The molecule has 0 bridgehead atoms. The Morgan fingerprint density at radius 1 is 0.852 bits per heavy atom. The minimum Gasteiger partial charge on any atom is -0.508 e. The van der Waals surface area contributed by atoms with E-state index >= 15 is 0 Å². The molecule has 4 aromatic rings. The molecule has 27 heavy (non-hydrogen) atoms. The van der Waals surface area contributed by atoms with E-state index in [1.165, 1.54) is 12.1 Å². The monoisotopic (exact) mass is 355 g/mol. The maximum Gasteiger partial charge on any atom is 0.197 e. The quantitative estimate of drug-likeness (QED) is 0.509. The Hall–Kier alpha value is -4.04. The van der Waals surface area contributed by atoms with Crippen LogP contribution in [0.4, 0.5) is 0 Å². The molecule has 2 heterocycles. The van der Waals surface area contributed by atoms with Crippen LogP contribution in [0.5, 0.6) is 11.5 Å². The normalized spacial score (nSPS) is 10.4. The Morgan fingerprint density at radius 2 is 1.52 bits per heavy atom. The molecule has 2 N–H and O–H groups in total. The Morgan fingerprint density at radius 3 is 2.22 bits per heavy atom. The van der Waals surface area contributed by atoms with Crippen molar-refractivity contribution in [2.75, 3.05) is 0 Å².